The molecule has 0 saturated carbocycles. The first-order valence-corrected chi connectivity index (χ1v) is 6.86. The van der Waals surface area contributed by atoms with Gasteiger partial charge in [0.25, 0.3) is 0 Å². The summed E-state index contributed by atoms with van der Waals surface area (Å²) in [6, 6.07) is 8.28. The highest BCUT2D eigenvalue weighted by Gasteiger charge is 2.18. The van der Waals surface area contributed by atoms with Crippen molar-refractivity contribution >= 4 is 5.84 Å². The first kappa shape index (κ1) is 16.5. The van der Waals surface area contributed by atoms with E-state index in [-0.39, 0.29) is 11.5 Å². The van der Waals surface area contributed by atoms with Crippen LogP contribution in [0.4, 0.5) is 0 Å². The number of likely N-dealkylation sites (N-methyl/N-ethyl adjacent to an activating group) is 1. The van der Waals surface area contributed by atoms with E-state index in [4.69, 9.17) is 10.5 Å². The van der Waals surface area contributed by atoms with E-state index < -0.39 is 0 Å². The van der Waals surface area contributed by atoms with Crippen LogP contribution in [0.25, 0.3) is 0 Å². The molecule has 0 spiro atoms. The lowest BCUT2D eigenvalue weighted by atomic mass is 9.95. The maximum absolute atomic E-state index is 6.04. The Bertz CT molecular complexity index is 461. The van der Waals surface area contributed by atoms with E-state index in [2.05, 4.69) is 36.7 Å². The molecule has 0 saturated heterocycles. The van der Waals surface area contributed by atoms with Gasteiger partial charge in [0.1, 0.15) is 5.75 Å². The van der Waals surface area contributed by atoms with Crippen LogP contribution in [0.3, 0.4) is 0 Å². The number of rotatable bonds is 5. The molecular weight excluding hydrogens is 250 g/mol. The molecule has 0 aromatic heterocycles. The van der Waals surface area contributed by atoms with Gasteiger partial charge in [0.05, 0.1) is 25.5 Å². The van der Waals surface area contributed by atoms with Crippen LogP contribution in [-0.4, -0.2) is 38.5 Å². The number of nitrogens with two attached hydrogens (primary N) is 1. The van der Waals surface area contributed by atoms with Crippen molar-refractivity contribution in [3.05, 3.63) is 29.8 Å². The number of hydrogen-bond acceptors (Lipinski definition) is 3. The summed E-state index contributed by atoms with van der Waals surface area (Å²) >= 11 is 0. The molecule has 0 aliphatic carbocycles. The minimum Gasteiger partial charge on any atom is -0.497 e. The maximum Gasteiger partial charge on any atom is 0.119 e. The van der Waals surface area contributed by atoms with Gasteiger partial charge < -0.3 is 15.4 Å². The summed E-state index contributed by atoms with van der Waals surface area (Å²) in [6.07, 6.45) is 0. The third-order valence-corrected chi connectivity index (χ3v) is 3.30. The van der Waals surface area contributed by atoms with E-state index in [1.54, 1.807) is 7.11 Å². The molecule has 0 fully saturated rings. The number of ether oxygens (including phenoxy) is 1. The van der Waals surface area contributed by atoms with Crippen LogP contribution < -0.4 is 10.5 Å². The summed E-state index contributed by atoms with van der Waals surface area (Å²) in [5.74, 6) is 1.55. The van der Waals surface area contributed by atoms with E-state index >= 15 is 0 Å². The molecule has 0 aliphatic rings. The van der Waals surface area contributed by atoms with E-state index in [0.717, 1.165) is 5.75 Å². The van der Waals surface area contributed by atoms with Crippen molar-refractivity contribution in [2.24, 2.45) is 16.1 Å². The summed E-state index contributed by atoms with van der Waals surface area (Å²) in [6.45, 7) is 6.86. The van der Waals surface area contributed by atoms with Crippen molar-refractivity contribution in [2.45, 2.75) is 26.8 Å². The van der Waals surface area contributed by atoms with Crippen LogP contribution in [-0.2, 0) is 0 Å². The van der Waals surface area contributed by atoms with Gasteiger partial charge in [0.2, 0.25) is 0 Å². The van der Waals surface area contributed by atoms with Crippen LogP contribution in [0, 0.1) is 5.41 Å². The van der Waals surface area contributed by atoms with Crippen molar-refractivity contribution in [1.29, 1.82) is 0 Å². The van der Waals surface area contributed by atoms with Gasteiger partial charge in [-0.3, -0.25) is 4.99 Å². The van der Waals surface area contributed by atoms with Crippen LogP contribution in [0.15, 0.2) is 29.3 Å². The predicted octanol–water partition coefficient (Wildman–Crippen LogP) is 2.70. The SMILES string of the molecule is COc1cccc(C(CN=C(N)C(C)(C)C)N(C)C)c1. The van der Waals surface area contributed by atoms with Gasteiger partial charge in [0.15, 0.2) is 0 Å². The molecule has 0 amide bonds. The molecule has 112 valence electrons. The van der Waals surface area contributed by atoms with Gasteiger partial charge in [-0.15, -0.1) is 0 Å². The molecule has 1 atom stereocenters. The molecule has 1 rings (SSSR count). The molecular formula is C16H27N3O. The lowest BCUT2D eigenvalue weighted by molar-refractivity contribution is 0.304. The predicted molar refractivity (Wildman–Crippen MR) is 85.4 cm³/mol. The Balaban J connectivity index is 2.95. The van der Waals surface area contributed by atoms with Gasteiger partial charge >= 0.3 is 0 Å². The third-order valence-electron chi connectivity index (χ3n) is 3.30. The largest absolute Gasteiger partial charge is 0.497 e. The number of hydrogen-bond donors (Lipinski definition) is 1. The van der Waals surface area contributed by atoms with E-state index in [0.29, 0.717) is 12.4 Å². The Hall–Kier alpha value is -1.55. The molecule has 2 N–H and O–H groups in total. The Morgan fingerprint density at radius 2 is 2.00 bits per heavy atom. The number of aliphatic imine (C=N–C) groups is 1. The van der Waals surface area contributed by atoms with E-state index in [1.165, 1.54) is 5.56 Å². The molecule has 20 heavy (non-hydrogen) atoms. The molecule has 0 radical (unpaired) electrons. The molecule has 0 bridgehead atoms. The number of amidine groups is 1. The van der Waals surface area contributed by atoms with Crippen molar-refractivity contribution in [2.75, 3.05) is 27.7 Å². The smallest absolute Gasteiger partial charge is 0.119 e. The van der Waals surface area contributed by atoms with Crippen molar-refractivity contribution in [1.82, 2.24) is 4.90 Å². The fraction of sp³-hybridized carbons (Fsp3) is 0.562. The second-order valence-corrected chi connectivity index (χ2v) is 6.23. The van der Waals surface area contributed by atoms with Gasteiger partial charge in [-0.2, -0.15) is 0 Å². The molecule has 4 heteroatoms. The van der Waals surface area contributed by atoms with Crippen LogP contribution >= 0.6 is 0 Å². The fourth-order valence-corrected chi connectivity index (χ4v) is 1.84. The Morgan fingerprint density at radius 3 is 2.50 bits per heavy atom. The number of methoxy groups -OCH3 is 1. The van der Waals surface area contributed by atoms with Gasteiger partial charge in [-0.25, -0.2) is 0 Å². The van der Waals surface area contributed by atoms with Crippen molar-refractivity contribution in [3.8, 4) is 5.75 Å². The second-order valence-electron chi connectivity index (χ2n) is 6.23. The fourth-order valence-electron chi connectivity index (χ4n) is 1.84. The lowest BCUT2D eigenvalue weighted by Crippen LogP contribution is -2.31. The summed E-state index contributed by atoms with van der Waals surface area (Å²) in [4.78, 5) is 6.71. The zero-order chi connectivity index (χ0) is 15.3. The van der Waals surface area contributed by atoms with E-state index in [1.807, 2.05) is 32.3 Å². The normalized spacial score (nSPS) is 14.4. The topological polar surface area (TPSA) is 50.9 Å². The molecule has 1 aromatic carbocycles. The summed E-state index contributed by atoms with van der Waals surface area (Å²) in [5.41, 5.74) is 7.13. The van der Waals surface area contributed by atoms with Crippen LogP contribution in [0.5, 0.6) is 5.75 Å². The zero-order valence-electron chi connectivity index (χ0n) is 13.5. The second kappa shape index (κ2) is 6.75. The molecule has 1 aromatic rings. The number of nitrogens with zero attached hydrogens (tertiary/aromatic N) is 2. The van der Waals surface area contributed by atoms with Gasteiger partial charge in [-0.05, 0) is 31.8 Å². The van der Waals surface area contributed by atoms with Crippen molar-refractivity contribution in [3.63, 3.8) is 0 Å². The highest BCUT2D eigenvalue weighted by molar-refractivity contribution is 5.85. The first-order valence-electron chi connectivity index (χ1n) is 6.86. The molecule has 0 heterocycles. The molecule has 4 nitrogen and oxygen atoms in total. The average Bonchev–Trinajstić information content (AvgIpc) is 2.37. The quantitative estimate of drug-likeness (QED) is 0.665. The summed E-state index contributed by atoms with van der Waals surface area (Å²) in [7, 11) is 5.78. The monoisotopic (exact) mass is 277 g/mol. The standard InChI is InChI=1S/C16H27N3O/c1-16(2,3)15(17)18-11-14(19(4)5)12-8-7-9-13(10-12)20-6/h7-10,14H,11H2,1-6H3,(H2,17,18). The Kier molecular flexibility index (Phi) is 5.57. The molecule has 1 unspecified atom stereocenters. The molecule has 0 aliphatic heterocycles. The lowest BCUT2D eigenvalue weighted by Gasteiger charge is -2.25. The minimum absolute atomic E-state index is 0.0920. The first-order chi connectivity index (χ1) is 9.25. The Morgan fingerprint density at radius 1 is 1.35 bits per heavy atom. The minimum atomic E-state index is -0.0920. The highest BCUT2D eigenvalue weighted by Crippen LogP contribution is 2.23. The maximum atomic E-state index is 6.04. The van der Waals surface area contributed by atoms with Crippen molar-refractivity contribution < 1.29 is 4.74 Å². The van der Waals surface area contributed by atoms with Gasteiger partial charge in [0, 0.05) is 5.41 Å². The Labute approximate surface area is 122 Å². The van der Waals surface area contributed by atoms with Crippen LogP contribution in [0.2, 0.25) is 0 Å². The summed E-state index contributed by atoms with van der Waals surface area (Å²) in [5, 5.41) is 0. The van der Waals surface area contributed by atoms with Crippen LogP contribution in [0.1, 0.15) is 32.4 Å². The number of benzene rings is 1. The van der Waals surface area contributed by atoms with E-state index in [9.17, 15) is 0 Å². The highest BCUT2D eigenvalue weighted by atomic mass is 16.5. The average molecular weight is 277 g/mol. The third kappa shape index (κ3) is 4.53. The van der Waals surface area contributed by atoms with Gasteiger partial charge in [-0.1, -0.05) is 32.9 Å². The summed E-state index contributed by atoms with van der Waals surface area (Å²) < 4.78 is 5.29. The zero-order valence-corrected chi connectivity index (χ0v) is 13.5.